The van der Waals surface area contributed by atoms with Gasteiger partial charge in [-0.05, 0) is 43.4 Å². The molecule has 0 spiro atoms. The Labute approximate surface area is 127 Å². The molecule has 21 heavy (non-hydrogen) atoms. The summed E-state index contributed by atoms with van der Waals surface area (Å²) in [7, 11) is 1.63. The molecule has 1 aromatic carbocycles. The number of aliphatic hydroxyl groups excluding tert-OH is 1. The van der Waals surface area contributed by atoms with Crippen molar-refractivity contribution in [3.05, 3.63) is 23.8 Å². The Hall–Kier alpha value is -1.26. The third-order valence-electron chi connectivity index (χ3n) is 4.50. The lowest BCUT2D eigenvalue weighted by molar-refractivity contribution is 0.205. The van der Waals surface area contributed by atoms with Crippen molar-refractivity contribution in [1.82, 2.24) is 5.32 Å². The summed E-state index contributed by atoms with van der Waals surface area (Å²) in [5.41, 5.74) is 0.841. The molecule has 1 unspecified atom stereocenters. The van der Waals surface area contributed by atoms with E-state index in [9.17, 15) is 10.2 Å². The van der Waals surface area contributed by atoms with Gasteiger partial charge < -0.3 is 20.3 Å². The number of ether oxygens (including phenoxy) is 1. The van der Waals surface area contributed by atoms with E-state index >= 15 is 0 Å². The van der Waals surface area contributed by atoms with Gasteiger partial charge in [0, 0.05) is 24.8 Å². The Balaban J connectivity index is 1.97. The van der Waals surface area contributed by atoms with E-state index < -0.39 is 0 Å². The van der Waals surface area contributed by atoms with Crippen molar-refractivity contribution in [3.8, 4) is 11.5 Å². The summed E-state index contributed by atoms with van der Waals surface area (Å²) in [4.78, 5) is 0. The van der Waals surface area contributed by atoms with Gasteiger partial charge in [0.15, 0.2) is 0 Å². The van der Waals surface area contributed by atoms with E-state index in [-0.39, 0.29) is 12.4 Å². The Morgan fingerprint density at radius 1 is 1.29 bits per heavy atom. The first-order chi connectivity index (χ1) is 10.2. The normalized spacial score (nSPS) is 17.6. The van der Waals surface area contributed by atoms with Crippen LogP contribution in [0.1, 0.15) is 44.1 Å². The van der Waals surface area contributed by atoms with Gasteiger partial charge in [-0.2, -0.15) is 0 Å². The van der Waals surface area contributed by atoms with E-state index in [1.54, 1.807) is 19.2 Å². The van der Waals surface area contributed by atoms with Crippen LogP contribution in [-0.2, 0) is 6.54 Å². The molecule has 0 amide bonds. The second-order valence-electron chi connectivity index (χ2n) is 5.89. The Morgan fingerprint density at radius 2 is 2.05 bits per heavy atom. The van der Waals surface area contributed by atoms with E-state index in [1.807, 2.05) is 6.07 Å². The minimum absolute atomic E-state index is 0.207. The molecule has 0 bridgehead atoms. The number of nitrogens with one attached hydrogen (secondary N) is 1. The van der Waals surface area contributed by atoms with Gasteiger partial charge in [0.1, 0.15) is 11.5 Å². The lowest BCUT2D eigenvalue weighted by Gasteiger charge is -2.31. The number of methoxy groups -OCH3 is 1. The number of hydrogen-bond acceptors (Lipinski definition) is 4. The predicted molar refractivity (Wildman–Crippen MR) is 83.6 cm³/mol. The molecule has 4 nitrogen and oxygen atoms in total. The fourth-order valence-electron chi connectivity index (χ4n) is 3.25. The van der Waals surface area contributed by atoms with Crippen LogP contribution in [0.4, 0.5) is 0 Å². The fraction of sp³-hybridized carbons (Fsp3) is 0.647. The molecule has 0 radical (unpaired) electrons. The van der Waals surface area contributed by atoms with Crippen molar-refractivity contribution in [3.63, 3.8) is 0 Å². The SMILES string of the molecule is COc1ccc(O)c(CNC(CCO)C2CCCCC2)c1. The number of aromatic hydroxyl groups is 1. The Kier molecular flexibility index (Phi) is 6.33. The van der Waals surface area contributed by atoms with Crippen LogP contribution in [0.3, 0.4) is 0 Å². The first-order valence-electron chi connectivity index (χ1n) is 7.94. The third-order valence-corrected chi connectivity index (χ3v) is 4.50. The predicted octanol–water partition coefficient (Wildman–Crippen LogP) is 2.82. The minimum atomic E-state index is 0.207. The summed E-state index contributed by atoms with van der Waals surface area (Å²) in [6, 6.07) is 5.60. The molecular formula is C17H27NO3. The van der Waals surface area contributed by atoms with Crippen LogP contribution < -0.4 is 10.1 Å². The van der Waals surface area contributed by atoms with E-state index in [0.29, 0.717) is 18.5 Å². The number of phenolic OH excluding ortho intramolecular Hbond substituents is 1. The average molecular weight is 293 g/mol. The summed E-state index contributed by atoms with van der Waals surface area (Å²) < 4.78 is 5.20. The van der Waals surface area contributed by atoms with Gasteiger partial charge in [-0.15, -0.1) is 0 Å². The summed E-state index contributed by atoms with van der Waals surface area (Å²) in [6.45, 7) is 0.808. The van der Waals surface area contributed by atoms with Crippen LogP contribution in [0.25, 0.3) is 0 Å². The summed E-state index contributed by atoms with van der Waals surface area (Å²) in [6.07, 6.45) is 7.16. The first-order valence-corrected chi connectivity index (χ1v) is 7.94. The van der Waals surface area contributed by atoms with Crippen molar-refractivity contribution in [2.45, 2.75) is 51.1 Å². The third kappa shape index (κ3) is 4.61. The highest BCUT2D eigenvalue weighted by Crippen LogP contribution is 2.29. The fourth-order valence-corrected chi connectivity index (χ4v) is 3.25. The number of rotatable bonds is 7. The van der Waals surface area contributed by atoms with Crippen LogP contribution in [0.15, 0.2) is 18.2 Å². The summed E-state index contributed by atoms with van der Waals surface area (Å²) in [5, 5.41) is 22.8. The van der Waals surface area contributed by atoms with Crippen LogP contribution in [0.2, 0.25) is 0 Å². The molecule has 3 N–H and O–H groups in total. The van der Waals surface area contributed by atoms with Gasteiger partial charge in [-0.1, -0.05) is 19.3 Å². The van der Waals surface area contributed by atoms with E-state index in [1.165, 1.54) is 32.1 Å². The van der Waals surface area contributed by atoms with Gasteiger partial charge in [0.05, 0.1) is 7.11 Å². The lowest BCUT2D eigenvalue weighted by atomic mass is 9.82. The molecule has 118 valence electrons. The molecule has 0 saturated heterocycles. The number of benzene rings is 1. The number of aliphatic hydroxyl groups is 1. The minimum Gasteiger partial charge on any atom is -0.508 e. The molecule has 0 aromatic heterocycles. The zero-order chi connectivity index (χ0) is 15.1. The molecule has 0 heterocycles. The van der Waals surface area contributed by atoms with E-state index in [0.717, 1.165) is 17.7 Å². The quantitative estimate of drug-likeness (QED) is 0.723. The highest BCUT2D eigenvalue weighted by molar-refractivity contribution is 5.39. The van der Waals surface area contributed by atoms with Crippen molar-refractivity contribution in [2.24, 2.45) is 5.92 Å². The maximum absolute atomic E-state index is 9.94. The second kappa shape index (κ2) is 8.25. The summed E-state index contributed by atoms with van der Waals surface area (Å²) >= 11 is 0. The number of hydrogen-bond donors (Lipinski definition) is 3. The maximum atomic E-state index is 9.94. The summed E-state index contributed by atoms with van der Waals surface area (Å²) in [5.74, 6) is 1.68. The van der Waals surface area contributed by atoms with Crippen molar-refractivity contribution < 1.29 is 14.9 Å². The monoisotopic (exact) mass is 293 g/mol. The molecule has 1 aliphatic carbocycles. The molecule has 2 rings (SSSR count). The van der Waals surface area contributed by atoms with Gasteiger partial charge in [0.2, 0.25) is 0 Å². The standard InChI is InChI=1S/C17H27NO3/c1-21-15-7-8-17(20)14(11-15)12-18-16(9-10-19)13-5-3-2-4-6-13/h7-8,11,13,16,18-20H,2-6,9-10,12H2,1H3. The largest absolute Gasteiger partial charge is 0.508 e. The van der Waals surface area contributed by atoms with Crippen LogP contribution in [0.5, 0.6) is 11.5 Å². The van der Waals surface area contributed by atoms with Gasteiger partial charge >= 0.3 is 0 Å². The molecule has 1 fully saturated rings. The topological polar surface area (TPSA) is 61.7 Å². The van der Waals surface area contributed by atoms with Crippen LogP contribution >= 0.6 is 0 Å². The zero-order valence-corrected chi connectivity index (χ0v) is 12.8. The van der Waals surface area contributed by atoms with Gasteiger partial charge in [-0.3, -0.25) is 0 Å². The van der Waals surface area contributed by atoms with Gasteiger partial charge in [-0.25, -0.2) is 0 Å². The molecule has 1 aromatic rings. The maximum Gasteiger partial charge on any atom is 0.120 e. The molecule has 1 atom stereocenters. The number of phenols is 1. The first kappa shape index (κ1) is 16.1. The highest BCUT2D eigenvalue weighted by Gasteiger charge is 2.23. The van der Waals surface area contributed by atoms with Crippen molar-refractivity contribution in [2.75, 3.05) is 13.7 Å². The van der Waals surface area contributed by atoms with E-state index in [4.69, 9.17) is 4.74 Å². The van der Waals surface area contributed by atoms with Crippen molar-refractivity contribution in [1.29, 1.82) is 0 Å². The van der Waals surface area contributed by atoms with Crippen LogP contribution in [0, 0.1) is 5.92 Å². The Bertz CT molecular complexity index is 430. The molecule has 1 saturated carbocycles. The molecule has 4 heteroatoms. The highest BCUT2D eigenvalue weighted by atomic mass is 16.5. The lowest BCUT2D eigenvalue weighted by Crippen LogP contribution is -2.37. The van der Waals surface area contributed by atoms with Gasteiger partial charge in [0.25, 0.3) is 0 Å². The average Bonchev–Trinajstić information content (AvgIpc) is 2.53. The van der Waals surface area contributed by atoms with E-state index in [2.05, 4.69) is 5.32 Å². The smallest absolute Gasteiger partial charge is 0.120 e. The molecule has 0 aliphatic heterocycles. The van der Waals surface area contributed by atoms with Crippen LogP contribution in [-0.4, -0.2) is 30.0 Å². The second-order valence-corrected chi connectivity index (χ2v) is 5.89. The zero-order valence-electron chi connectivity index (χ0n) is 12.8. The Morgan fingerprint density at radius 3 is 2.71 bits per heavy atom. The molecular weight excluding hydrogens is 266 g/mol. The van der Waals surface area contributed by atoms with Crippen molar-refractivity contribution >= 4 is 0 Å². The molecule has 1 aliphatic rings.